The molecule has 0 heterocycles. The molecule has 0 aliphatic rings. The van der Waals surface area contributed by atoms with Crippen molar-refractivity contribution in [3.8, 4) is 0 Å². The Hall–Kier alpha value is -4.03. The Bertz CT molecular complexity index is 1340. The number of benzene rings is 3. The van der Waals surface area contributed by atoms with Crippen LogP contribution in [-0.4, -0.2) is 24.0 Å². The number of nitrogens with zero attached hydrogens (tertiary/aromatic N) is 3. The fourth-order valence-electron chi connectivity index (χ4n) is 2.69. The van der Waals surface area contributed by atoms with Gasteiger partial charge < -0.3 is 0 Å². The van der Waals surface area contributed by atoms with Crippen molar-refractivity contribution in [1.82, 2.24) is 0 Å². The predicted octanol–water partition coefficient (Wildman–Crippen LogP) is 4.79. The van der Waals surface area contributed by atoms with Crippen LogP contribution < -0.4 is 10.1 Å². The number of nitrogens with one attached hydrogen (secondary N) is 2. The summed E-state index contributed by atoms with van der Waals surface area (Å²) in [7, 11) is -4.10. The van der Waals surface area contributed by atoms with Crippen LogP contribution in [0.5, 0.6) is 0 Å². The molecular formula is C20H16ClN5O6S. The molecular weight excluding hydrogens is 474 g/mol. The zero-order valence-corrected chi connectivity index (χ0v) is 18.5. The molecule has 0 saturated carbocycles. The number of nitro benzene ring substituents is 2. The third kappa shape index (κ3) is 5.81. The summed E-state index contributed by atoms with van der Waals surface area (Å²) in [6, 6.07) is 14.9. The maximum Gasteiger partial charge on any atom is 0.295 e. The largest absolute Gasteiger partial charge is 0.295 e. The van der Waals surface area contributed by atoms with E-state index in [1.165, 1.54) is 60.7 Å². The van der Waals surface area contributed by atoms with Gasteiger partial charge in [-0.1, -0.05) is 11.6 Å². The predicted molar refractivity (Wildman–Crippen MR) is 124 cm³/mol. The van der Waals surface area contributed by atoms with Crippen LogP contribution >= 0.6 is 11.6 Å². The summed E-state index contributed by atoms with van der Waals surface area (Å²) in [5.41, 5.74) is 3.13. The highest BCUT2D eigenvalue weighted by molar-refractivity contribution is 7.92. The quantitative estimate of drug-likeness (QED) is 0.261. The van der Waals surface area contributed by atoms with Crippen molar-refractivity contribution in [3.05, 3.63) is 97.5 Å². The number of hydrogen-bond donors (Lipinski definition) is 2. The van der Waals surface area contributed by atoms with Gasteiger partial charge in [0.2, 0.25) is 0 Å². The van der Waals surface area contributed by atoms with Crippen molar-refractivity contribution in [2.24, 2.45) is 5.10 Å². The first kappa shape index (κ1) is 23.6. The molecule has 0 atom stereocenters. The monoisotopic (exact) mass is 489 g/mol. The smallest absolute Gasteiger partial charge is 0.280 e. The van der Waals surface area contributed by atoms with E-state index in [4.69, 9.17) is 11.6 Å². The summed E-state index contributed by atoms with van der Waals surface area (Å²) in [6.45, 7) is 1.61. The van der Waals surface area contributed by atoms with E-state index in [0.717, 1.165) is 6.07 Å². The number of hydrogen-bond acceptors (Lipinski definition) is 8. The maximum atomic E-state index is 12.6. The molecule has 170 valence electrons. The molecule has 33 heavy (non-hydrogen) atoms. The molecule has 3 aromatic carbocycles. The number of nitro groups is 2. The first-order valence-corrected chi connectivity index (χ1v) is 11.0. The van der Waals surface area contributed by atoms with Crippen LogP contribution in [-0.2, 0) is 10.0 Å². The summed E-state index contributed by atoms with van der Waals surface area (Å²) in [5, 5.41) is 26.8. The second-order valence-corrected chi connectivity index (χ2v) is 8.78. The van der Waals surface area contributed by atoms with Gasteiger partial charge in [0.15, 0.2) is 0 Å². The number of non-ortho nitro benzene ring substituents is 1. The van der Waals surface area contributed by atoms with E-state index < -0.39 is 25.6 Å². The lowest BCUT2D eigenvalue weighted by atomic mass is 10.1. The molecule has 13 heteroatoms. The normalized spacial score (nSPS) is 11.6. The van der Waals surface area contributed by atoms with Gasteiger partial charge in [-0.15, -0.1) is 0 Å². The fourth-order valence-corrected chi connectivity index (χ4v) is 3.89. The van der Waals surface area contributed by atoms with Crippen molar-refractivity contribution in [2.75, 3.05) is 10.1 Å². The van der Waals surface area contributed by atoms with E-state index in [9.17, 15) is 28.6 Å². The molecule has 0 fully saturated rings. The molecule has 0 unspecified atom stereocenters. The molecule has 0 spiro atoms. The Kier molecular flexibility index (Phi) is 6.89. The van der Waals surface area contributed by atoms with Gasteiger partial charge in [-0.2, -0.15) is 5.10 Å². The highest BCUT2D eigenvalue weighted by atomic mass is 35.5. The third-order valence-electron chi connectivity index (χ3n) is 4.41. The Morgan fingerprint density at radius 1 is 0.939 bits per heavy atom. The highest BCUT2D eigenvalue weighted by Gasteiger charge is 2.22. The van der Waals surface area contributed by atoms with Crippen LogP contribution in [0.3, 0.4) is 0 Å². The Morgan fingerprint density at radius 3 is 2.15 bits per heavy atom. The lowest BCUT2D eigenvalue weighted by Gasteiger charge is -2.10. The SMILES string of the molecule is C/C(=N\Nc1ccc(S(=O)(=O)Nc2ccc(Cl)cc2)cc1[N+](=O)[O-])c1ccc([N+](=O)[O-])cc1. The second-order valence-electron chi connectivity index (χ2n) is 6.66. The third-order valence-corrected chi connectivity index (χ3v) is 6.04. The minimum atomic E-state index is -4.10. The minimum Gasteiger partial charge on any atom is -0.280 e. The lowest BCUT2D eigenvalue weighted by Crippen LogP contribution is -2.13. The number of hydrazone groups is 1. The van der Waals surface area contributed by atoms with Crippen LogP contribution in [0.1, 0.15) is 12.5 Å². The molecule has 2 N–H and O–H groups in total. The Labute approximate surface area is 193 Å². The lowest BCUT2D eigenvalue weighted by molar-refractivity contribution is -0.384. The standard InChI is InChI=1S/C20H16ClN5O6S/c1-13(14-2-8-17(9-3-14)25(27)28)22-23-19-11-10-18(12-20(19)26(29)30)33(31,32)24-16-6-4-15(21)5-7-16/h2-12,23-24H,1H3/b22-13+. The van der Waals surface area contributed by atoms with Gasteiger partial charge in [0.25, 0.3) is 21.4 Å². The number of halogens is 1. The molecule has 0 aliphatic heterocycles. The van der Waals surface area contributed by atoms with Crippen LogP contribution in [0.25, 0.3) is 0 Å². The van der Waals surface area contributed by atoms with E-state index >= 15 is 0 Å². The summed E-state index contributed by atoms with van der Waals surface area (Å²) in [4.78, 5) is 20.7. The van der Waals surface area contributed by atoms with Crippen LogP contribution in [0.2, 0.25) is 5.02 Å². The molecule has 0 amide bonds. The van der Waals surface area contributed by atoms with Gasteiger partial charge >= 0.3 is 0 Å². The summed E-state index contributed by atoms with van der Waals surface area (Å²) < 4.78 is 27.6. The average Bonchev–Trinajstić information content (AvgIpc) is 2.78. The van der Waals surface area contributed by atoms with Crippen molar-refractivity contribution >= 4 is 50.1 Å². The van der Waals surface area contributed by atoms with Gasteiger partial charge in [0.05, 0.1) is 20.5 Å². The van der Waals surface area contributed by atoms with Gasteiger partial charge in [-0.05, 0) is 61.0 Å². The molecule has 0 aromatic heterocycles. The van der Waals surface area contributed by atoms with Crippen LogP contribution in [0.4, 0.5) is 22.7 Å². The van der Waals surface area contributed by atoms with Gasteiger partial charge in [0.1, 0.15) is 5.69 Å². The molecule has 0 aliphatic carbocycles. The Morgan fingerprint density at radius 2 is 1.58 bits per heavy atom. The molecule has 0 saturated heterocycles. The van der Waals surface area contributed by atoms with Gasteiger partial charge in [-0.3, -0.25) is 30.4 Å². The summed E-state index contributed by atoms with van der Waals surface area (Å²) in [5.74, 6) is 0. The van der Waals surface area contributed by atoms with Gasteiger partial charge in [-0.25, -0.2) is 8.42 Å². The zero-order valence-electron chi connectivity index (χ0n) is 16.9. The number of rotatable bonds is 8. The average molecular weight is 490 g/mol. The zero-order chi connectivity index (χ0) is 24.2. The molecule has 3 rings (SSSR count). The number of sulfonamides is 1. The van der Waals surface area contributed by atoms with Crippen molar-refractivity contribution in [1.29, 1.82) is 0 Å². The molecule has 0 bridgehead atoms. The van der Waals surface area contributed by atoms with Crippen molar-refractivity contribution in [3.63, 3.8) is 0 Å². The topological polar surface area (TPSA) is 157 Å². The molecule has 11 nitrogen and oxygen atoms in total. The first-order chi connectivity index (χ1) is 15.6. The van der Waals surface area contributed by atoms with E-state index in [0.29, 0.717) is 16.3 Å². The first-order valence-electron chi connectivity index (χ1n) is 9.19. The van der Waals surface area contributed by atoms with E-state index in [1.54, 1.807) is 6.92 Å². The summed E-state index contributed by atoms with van der Waals surface area (Å²) in [6.07, 6.45) is 0. The van der Waals surface area contributed by atoms with E-state index in [2.05, 4.69) is 15.2 Å². The van der Waals surface area contributed by atoms with E-state index in [1.807, 2.05) is 0 Å². The molecule has 3 aromatic rings. The number of anilines is 2. The van der Waals surface area contributed by atoms with Crippen LogP contribution in [0, 0.1) is 20.2 Å². The Balaban J connectivity index is 1.85. The van der Waals surface area contributed by atoms with Crippen LogP contribution in [0.15, 0.2) is 76.7 Å². The fraction of sp³-hybridized carbons (Fsp3) is 0.0500. The maximum absolute atomic E-state index is 12.6. The van der Waals surface area contributed by atoms with Gasteiger partial charge in [0, 0.05) is 28.9 Å². The molecule has 0 radical (unpaired) electrons. The second kappa shape index (κ2) is 9.63. The van der Waals surface area contributed by atoms with Crippen molar-refractivity contribution in [2.45, 2.75) is 11.8 Å². The highest BCUT2D eigenvalue weighted by Crippen LogP contribution is 2.29. The minimum absolute atomic E-state index is 0.0355. The van der Waals surface area contributed by atoms with E-state index in [-0.39, 0.29) is 22.0 Å². The van der Waals surface area contributed by atoms with Crippen molar-refractivity contribution < 1.29 is 18.3 Å². The summed E-state index contributed by atoms with van der Waals surface area (Å²) >= 11 is 5.79.